The third-order valence-corrected chi connectivity index (χ3v) is 5.06. The Kier molecular flexibility index (Phi) is 9.86. The number of ether oxygens (including phenoxy) is 1. The quantitative estimate of drug-likeness (QED) is 0.362. The Morgan fingerprint density at radius 2 is 2.22 bits per heavy atom. The number of nitrogens with one attached hydrogen (secondary N) is 2. The maximum Gasteiger partial charge on any atom is 0.407 e. The summed E-state index contributed by atoms with van der Waals surface area (Å²) < 4.78 is 5.34. The van der Waals surface area contributed by atoms with E-state index in [0.717, 1.165) is 38.4 Å². The molecule has 0 aliphatic carbocycles. The van der Waals surface area contributed by atoms with Gasteiger partial charge >= 0.3 is 6.09 Å². The van der Waals surface area contributed by atoms with Crippen molar-refractivity contribution >= 4 is 47.4 Å². The van der Waals surface area contributed by atoms with Crippen LogP contribution in [0.5, 0.6) is 0 Å². The summed E-state index contributed by atoms with van der Waals surface area (Å²) in [6.07, 6.45) is 1.62. The number of carbonyl (C=O) groups is 1. The highest BCUT2D eigenvalue weighted by Crippen LogP contribution is 2.15. The van der Waals surface area contributed by atoms with Gasteiger partial charge in [-0.25, -0.2) is 4.79 Å². The summed E-state index contributed by atoms with van der Waals surface area (Å²) in [4.78, 5) is 19.9. The number of hydrogen-bond acceptors (Lipinski definition) is 4. The van der Waals surface area contributed by atoms with Crippen LogP contribution in [-0.4, -0.2) is 55.3 Å². The van der Waals surface area contributed by atoms with E-state index >= 15 is 0 Å². The van der Waals surface area contributed by atoms with E-state index in [1.54, 1.807) is 18.4 Å². The fourth-order valence-corrected chi connectivity index (χ4v) is 3.86. The molecule has 0 aromatic carbocycles. The minimum absolute atomic E-state index is 0. The van der Waals surface area contributed by atoms with Gasteiger partial charge in [0.2, 0.25) is 0 Å². The van der Waals surface area contributed by atoms with Crippen LogP contribution in [0.1, 0.15) is 39.0 Å². The molecular weight excluding hydrogens is 475 g/mol. The summed E-state index contributed by atoms with van der Waals surface area (Å²) in [6, 6.07) is 4.37. The van der Waals surface area contributed by atoms with Crippen LogP contribution in [0.4, 0.5) is 4.79 Å². The van der Waals surface area contributed by atoms with E-state index in [4.69, 9.17) is 4.74 Å². The molecule has 2 heterocycles. The monoisotopic (exact) mass is 508 g/mol. The summed E-state index contributed by atoms with van der Waals surface area (Å²) in [5.41, 5.74) is -0.474. The van der Waals surface area contributed by atoms with E-state index in [1.165, 1.54) is 4.88 Å². The van der Waals surface area contributed by atoms with Crippen molar-refractivity contribution in [2.24, 2.45) is 10.9 Å². The number of carbonyl (C=O) groups excluding carboxylic acids is 1. The Hall–Kier alpha value is -1.03. The average Bonchev–Trinajstić information content (AvgIpc) is 3.18. The van der Waals surface area contributed by atoms with Gasteiger partial charge in [-0.2, -0.15) is 0 Å². The van der Waals surface area contributed by atoms with Crippen molar-refractivity contribution in [3.05, 3.63) is 22.4 Å². The molecule has 0 radical (unpaired) electrons. The second-order valence-electron chi connectivity index (χ2n) is 7.89. The first-order valence-electron chi connectivity index (χ1n) is 9.24. The van der Waals surface area contributed by atoms with E-state index in [-0.39, 0.29) is 36.1 Å². The lowest BCUT2D eigenvalue weighted by molar-refractivity contribution is 0.0507. The van der Waals surface area contributed by atoms with Crippen molar-refractivity contribution in [2.75, 3.05) is 26.7 Å². The van der Waals surface area contributed by atoms with Crippen LogP contribution in [0.15, 0.2) is 22.5 Å². The topological polar surface area (TPSA) is 66.0 Å². The second-order valence-corrected chi connectivity index (χ2v) is 8.93. The van der Waals surface area contributed by atoms with Crippen molar-refractivity contribution in [1.29, 1.82) is 0 Å². The molecule has 1 aliphatic rings. The predicted octanol–water partition coefficient (Wildman–Crippen LogP) is 3.72. The summed E-state index contributed by atoms with van der Waals surface area (Å²) in [6.45, 7) is 10.4. The van der Waals surface area contributed by atoms with E-state index in [2.05, 4.69) is 45.0 Å². The van der Waals surface area contributed by atoms with Crippen molar-refractivity contribution in [3.63, 3.8) is 0 Å². The minimum Gasteiger partial charge on any atom is -0.444 e. The lowest BCUT2D eigenvalue weighted by Crippen LogP contribution is -2.45. The SMILES string of the molecule is CN=C(NCC(C)Cc1cccs1)N1CCC(NC(=O)OC(C)(C)C)C1.I. The van der Waals surface area contributed by atoms with E-state index < -0.39 is 5.60 Å². The van der Waals surface area contributed by atoms with Gasteiger partial charge in [-0.15, -0.1) is 35.3 Å². The standard InChI is InChI=1S/C19H32N4O2S.HI/c1-14(11-16-7-6-10-26-16)12-21-17(20-5)23-9-8-15(13-23)22-18(24)25-19(2,3)4;/h6-7,10,14-15H,8-9,11-13H2,1-5H3,(H,20,21)(H,22,24);1H. The molecule has 154 valence electrons. The second kappa shape index (κ2) is 11.1. The molecule has 2 N–H and O–H groups in total. The molecular formula is C19H33IN4O2S. The largest absolute Gasteiger partial charge is 0.444 e. The molecule has 1 fully saturated rings. The number of halogens is 1. The van der Waals surface area contributed by atoms with Crippen LogP contribution in [0.3, 0.4) is 0 Å². The predicted molar refractivity (Wildman–Crippen MR) is 123 cm³/mol. The fourth-order valence-electron chi connectivity index (χ4n) is 2.99. The molecule has 6 nitrogen and oxygen atoms in total. The van der Waals surface area contributed by atoms with Crippen molar-refractivity contribution < 1.29 is 9.53 Å². The number of thiophene rings is 1. The normalized spacial score (nSPS) is 18.6. The molecule has 1 amide bonds. The lowest BCUT2D eigenvalue weighted by atomic mass is 10.1. The van der Waals surface area contributed by atoms with Crippen LogP contribution in [0.25, 0.3) is 0 Å². The van der Waals surface area contributed by atoms with Gasteiger partial charge < -0.3 is 20.3 Å². The third kappa shape index (κ3) is 8.68. The molecule has 2 unspecified atom stereocenters. The Balaban J connectivity index is 0.00000364. The van der Waals surface area contributed by atoms with E-state index in [0.29, 0.717) is 5.92 Å². The third-order valence-electron chi connectivity index (χ3n) is 4.16. The van der Waals surface area contributed by atoms with Crippen molar-refractivity contribution in [3.8, 4) is 0 Å². The number of hydrogen-bond donors (Lipinski definition) is 2. The number of aliphatic imine (C=N–C) groups is 1. The van der Waals surface area contributed by atoms with Gasteiger partial charge in [0.05, 0.1) is 6.04 Å². The number of guanidine groups is 1. The molecule has 27 heavy (non-hydrogen) atoms. The number of likely N-dealkylation sites (tertiary alicyclic amines) is 1. The minimum atomic E-state index is -0.474. The van der Waals surface area contributed by atoms with Crippen molar-refractivity contribution in [2.45, 2.75) is 52.2 Å². The first-order valence-corrected chi connectivity index (χ1v) is 10.1. The highest BCUT2D eigenvalue weighted by Gasteiger charge is 2.27. The van der Waals surface area contributed by atoms with Gasteiger partial charge in [0.15, 0.2) is 5.96 Å². The Morgan fingerprint density at radius 1 is 1.48 bits per heavy atom. The Morgan fingerprint density at radius 3 is 2.81 bits per heavy atom. The van der Waals surface area contributed by atoms with Gasteiger partial charge in [-0.1, -0.05) is 13.0 Å². The molecule has 0 spiro atoms. The zero-order chi connectivity index (χ0) is 19.2. The van der Waals surface area contributed by atoms with Crippen LogP contribution in [0.2, 0.25) is 0 Å². The zero-order valence-electron chi connectivity index (χ0n) is 16.9. The molecule has 1 aliphatic heterocycles. The summed E-state index contributed by atoms with van der Waals surface area (Å²) in [5.74, 6) is 1.43. The van der Waals surface area contributed by atoms with E-state index in [9.17, 15) is 4.79 Å². The number of amides is 1. The highest BCUT2D eigenvalue weighted by molar-refractivity contribution is 14.0. The summed E-state index contributed by atoms with van der Waals surface area (Å²) >= 11 is 1.81. The van der Waals surface area contributed by atoms with Gasteiger partial charge in [-0.3, -0.25) is 4.99 Å². The molecule has 0 bridgehead atoms. The summed E-state index contributed by atoms with van der Waals surface area (Å²) in [7, 11) is 1.81. The highest BCUT2D eigenvalue weighted by atomic mass is 127. The van der Waals surface area contributed by atoms with Crippen molar-refractivity contribution in [1.82, 2.24) is 15.5 Å². The smallest absolute Gasteiger partial charge is 0.407 e. The maximum atomic E-state index is 11.9. The Labute approximate surface area is 184 Å². The summed E-state index contributed by atoms with van der Waals surface area (Å²) in [5, 5.41) is 8.55. The van der Waals surface area contributed by atoms with Crippen LogP contribution in [-0.2, 0) is 11.2 Å². The molecule has 0 saturated carbocycles. The molecule has 1 aromatic rings. The van der Waals surface area contributed by atoms with Gasteiger partial charge in [0, 0.05) is 31.6 Å². The van der Waals surface area contributed by atoms with Crippen LogP contribution < -0.4 is 10.6 Å². The number of alkyl carbamates (subject to hydrolysis) is 1. The average molecular weight is 508 g/mol. The van der Waals surface area contributed by atoms with Gasteiger partial charge in [0.25, 0.3) is 0 Å². The molecule has 2 atom stereocenters. The molecule has 2 rings (SSSR count). The maximum absolute atomic E-state index is 11.9. The first kappa shape index (κ1) is 24.0. The lowest BCUT2D eigenvalue weighted by Gasteiger charge is -2.24. The Bertz CT molecular complexity index is 601. The first-order chi connectivity index (χ1) is 12.3. The zero-order valence-corrected chi connectivity index (χ0v) is 20.1. The molecule has 1 aromatic heterocycles. The molecule has 1 saturated heterocycles. The number of nitrogens with zero attached hydrogens (tertiary/aromatic N) is 2. The van der Waals surface area contributed by atoms with Gasteiger partial charge in [-0.05, 0) is 51.0 Å². The molecule has 8 heteroatoms. The number of rotatable bonds is 5. The van der Waals surface area contributed by atoms with Crippen LogP contribution in [0, 0.1) is 5.92 Å². The van der Waals surface area contributed by atoms with E-state index in [1.807, 2.05) is 20.8 Å². The van der Waals surface area contributed by atoms with Gasteiger partial charge in [0.1, 0.15) is 5.60 Å². The van der Waals surface area contributed by atoms with Crippen LogP contribution >= 0.6 is 35.3 Å². The fraction of sp³-hybridized carbons (Fsp3) is 0.684.